The molecule has 0 amide bonds. The second kappa shape index (κ2) is 8.16. The van der Waals surface area contributed by atoms with E-state index >= 15 is 0 Å². The summed E-state index contributed by atoms with van der Waals surface area (Å²) in [7, 11) is -3.71. The highest BCUT2D eigenvalue weighted by atomic mass is 32.2. The molecule has 2 aliphatic heterocycles. The number of sulfonamides is 1. The van der Waals surface area contributed by atoms with Gasteiger partial charge in [0, 0.05) is 56.4 Å². The summed E-state index contributed by atoms with van der Waals surface area (Å²) in [6.07, 6.45) is -3.22. The highest BCUT2D eigenvalue weighted by Gasteiger charge is 2.32. The van der Waals surface area contributed by atoms with E-state index in [1.54, 1.807) is 18.2 Å². The quantitative estimate of drug-likeness (QED) is 0.704. The van der Waals surface area contributed by atoms with Gasteiger partial charge in [0.2, 0.25) is 10.0 Å². The normalized spacial score (nSPS) is 19.7. The van der Waals surface area contributed by atoms with Crippen molar-refractivity contribution in [2.24, 2.45) is 0 Å². The molecule has 0 aliphatic carbocycles. The van der Waals surface area contributed by atoms with Crippen molar-refractivity contribution in [3.05, 3.63) is 53.6 Å². The molecular weight excluding hydrogens is 431 g/mol. The largest absolute Gasteiger partial charge is 0.416 e. The van der Waals surface area contributed by atoms with Crippen molar-refractivity contribution in [3.63, 3.8) is 0 Å². The third kappa shape index (κ3) is 4.27. The van der Waals surface area contributed by atoms with Gasteiger partial charge >= 0.3 is 6.18 Å². The van der Waals surface area contributed by atoms with Gasteiger partial charge in [0.1, 0.15) is 6.29 Å². The lowest BCUT2D eigenvalue weighted by Crippen LogP contribution is -2.48. The molecule has 31 heavy (non-hydrogen) atoms. The SMILES string of the molecule is O=CCC1CNc2ccc(S(=O)(=O)N3CCN(c4ccc(C(F)(F)F)cc4)CC3)cc21. The summed E-state index contributed by atoms with van der Waals surface area (Å²) >= 11 is 0. The number of halogens is 3. The molecule has 1 unspecified atom stereocenters. The van der Waals surface area contributed by atoms with Gasteiger partial charge in [-0.1, -0.05) is 0 Å². The maximum absolute atomic E-state index is 13.1. The minimum Gasteiger partial charge on any atom is -0.384 e. The van der Waals surface area contributed by atoms with E-state index in [0.717, 1.165) is 29.7 Å². The van der Waals surface area contributed by atoms with Gasteiger partial charge in [-0.15, -0.1) is 0 Å². The second-order valence-electron chi connectivity index (χ2n) is 7.67. The molecule has 1 N–H and O–H groups in total. The lowest BCUT2D eigenvalue weighted by molar-refractivity contribution is -0.137. The second-order valence-corrected chi connectivity index (χ2v) is 9.60. The molecule has 0 spiro atoms. The summed E-state index contributed by atoms with van der Waals surface area (Å²) in [6, 6.07) is 9.82. The van der Waals surface area contributed by atoms with Gasteiger partial charge < -0.3 is 15.0 Å². The van der Waals surface area contributed by atoms with Gasteiger partial charge in [-0.05, 0) is 48.0 Å². The Hall–Kier alpha value is -2.59. The Morgan fingerprint density at radius 1 is 1.03 bits per heavy atom. The summed E-state index contributed by atoms with van der Waals surface area (Å²) in [5.41, 5.74) is 1.59. The number of aldehydes is 1. The van der Waals surface area contributed by atoms with Crippen molar-refractivity contribution in [3.8, 4) is 0 Å². The maximum atomic E-state index is 13.1. The lowest BCUT2D eigenvalue weighted by Gasteiger charge is -2.35. The van der Waals surface area contributed by atoms with Gasteiger partial charge in [0.25, 0.3) is 0 Å². The number of anilines is 2. The average molecular weight is 453 g/mol. The molecular formula is C21H22F3N3O3S. The predicted octanol–water partition coefficient (Wildman–Crippen LogP) is 3.31. The molecule has 2 aromatic rings. The van der Waals surface area contributed by atoms with Gasteiger partial charge in [-0.25, -0.2) is 8.42 Å². The number of hydrogen-bond donors (Lipinski definition) is 1. The first kappa shape index (κ1) is 21.6. The van der Waals surface area contributed by atoms with Crippen molar-refractivity contribution in [2.45, 2.75) is 23.4 Å². The van der Waals surface area contributed by atoms with Crippen LogP contribution in [-0.2, 0) is 21.0 Å². The van der Waals surface area contributed by atoms with Crippen LogP contribution in [0, 0.1) is 0 Å². The van der Waals surface area contributed by atoms with Gasteiger partial charge in [0.15, 0.2) is 0 Å². The van der Waals surface area contributed by atoms with E-state index < -0.39 is 21.8 Å². The van der Waals surface area contributed by atoms with Crippen LogP contribution < -0.4 is 10.2 Å². The van der Waals surface area contributed by atoms with E-state index in [4.69, 9.17) is 0 Å². The highest BCUT2D eigenvalue weighted by molar-refractivity contribution is 7.89. The third-order valence-corrected chi connectivity index (χ3v) is 7.71. The van der Waals surface area contributed by atoms with Gasteiger partial charge in [-0.2, -0.15) is 17.5 Å². The number of rotatable bonds is 5. The molecule has 10 heteroatoms. The first-order chi connectivity index (χ1) is 14.7. The number of alkyl halides is 3. The molecule has 2 aromatic carbocycles. The molecule has 166 valence electrons. The van der Waals surface area contributed by atoms with Crippen LogP contribution >= 0.6 is 0 Å². The first-order valence-corrected chi connectivity index (χ1v) is 11.4. The molecule has 0 radical (unpaired) electrons. The minimum absolute atomic E-state index is 0.0424. The number of piperazine rings is 1. The highest BCUT2D eigenvalue weighted by Crippen LogP contribution is 2.36. The first-order valence-electron chi connectivity index (χ1n) is 9.94. The molecule has 1 atom stereocenters. The van der Waals surface area contributed by atoms with Crippen molar-refractivity contribution in [1.29, 1.82) is 0 Å². The van der Waals surface area contributed by atoms with Crippen LogP contribution in [0.4, 0.5) is 24.5 Å². The number of hydrogen-bond acceptors (Lipinski definition) is 5. The van der Waals surface area contributed by atoms with Crippen LogP contribution in [0.1, 0.15) is 23.5 Å². The van der Waals surface area contributed by atoms with E-state index in [1.165, 1.54) is 16.4 Å². The van der Waals surface area contributed by atoms with Crippen molar-refractivity contribution < 1.29 is 26.4 Å². The van der Waals surface area contributed by atoms with Crippen molar-refractivity contribution >= 4 is 27.7 Å². The molecule has 0 aromatic heterocycles. The summed E-state index contributed by atoms with van der Waals surface area (Å²) in [5, 5.41) is 3.19. The zero-order valence-electron chi connectivity index (χ0n) is 16.6. The Morgan fingerprint density at radius 2 is 1.71 bits per heavy atom. The lowest BCUT2D eigenvalue weighted by atomic mass is 9.99. The fourth-order valence-electron chi connectivity index (χ4n) is 4.07. The van der Waals surface area contributed by atoms with Crippen LogP contribution in [0.15, 0.2) is 47.4 Å². The fraction of sp³-hybridized carbons (Fsp3) is 0.381. The van der Waals surface area contributed by atoms with E-state index in [1.807, 2.05) is 4.90 Å². The smallest absolute Gasteiger partial charge is 0.384 e. The number of fused-ring (bicyclic) bond motifs is 1. The van der Waals surface area contributed by atoms with Crippen LogP contribution in [0.25, 0.3) is 0 Å². The van der Waals surface area contributed by atoms with E-state index in [-0.39, 0.29) is 23.9 Å². The summed E-state index contributed by atoms with van der Waals surface area (Å²) in [6.45, 7) is 1.83. The topological polar surface area (TPSA) is 69.7 Å². The number of carbonyl (C=O) groups is 1. The monoisotopic (exact) mass is 453 g/mol. The summed E-state index contributed by atoms with van der Waals surface area (Å²) in [4.78, 5) is 13.0. The zero-order chi connectivity index (χ0) is 22.2. The molecule has 1 fully saturated rings. The molecule has 2 aliphatic rings. The summed E-state index contributed by atoms with van der Waals surface area (Å²) in [5.74, 6) is -0.0424. The van der Waals surface area contributed by atoms with Crippen LogP contribution in [-0.4, -0.2) is 51.7 Å². The van der Waals surface area contributed by atoms with E-state index in [9.17, 15) is 26.4 Å². The minimum atomic E-state index is -4.39. The Labute approximate surface area is 178 Å². The fourth-order valence-corrected chi connectivity index (χ4v) is 5.52. The molecule has 0 saturated carbocycles. The molecule has 2 heterocycles. The number of carbonyl (C=O) groups excluding carboxylic acids is 1. The number of benzene rings is 2. The third-order valence-electron chi connectivity index (χ3n) is 5.82. The number of nitrogens with one attached hydrogen (secondary N) is 1. The standard InChI is InChI=1S/C21H22F3N3O3S/c22-21(23,24)16-1-3-17(4-2-16)26-8-10-27(11-9-26)31(29,30)18-5-6-20-19(13-18)15(7-12-28)14-25-20/h1-6,12-13,15,25H,7-11,14H2. The van der Waals surface area contributed by atoms with Crippen LogP contribution in [0.3, 0.4) is 0 Å². The Kier molecular flexibility index (Phi) is 5.69. The van der Waals surface area contributed by atoms with Crippen LogP contribution in [0.2, 0.25) is 0 Å². The van der Waals surface area contributed by atoms with Crippen LogP contribution in [0.5, 0.6) is 0 Å². The summed E-state index contributed by atoms with van der Waals surface area (Å²) < 4.78 is 65.9. The predicted molar refractivity (Wildman–Crippen MR) is 111 cm³/mol. The van der Waals surface area contributed by atoms with E-state index in [2.05, 4.69) is 5.32 Å². The van der Waals surface area contributed by atoms with Gasteiger partial charge in [0.05, 0.1) is 10.5 Å². The molecule has 1 saturated heterocycles. The Bertz CT molecular complexity index is 1060. The van der Waals surface area contributed by atoms with Gasteiger partial charge in [-0.3, -0.25) is 0 Å². The zero-order valence-corrected chi connectivity index (χ0v) is 17.4. The molecule has 0 bridgehead atoms. The Morgan fingerprint density at radius 3 is 2.32 bits per heavy atom. The van der Waals surface area contributed by atoms with Crippen molar-refractivity contribution in [2.75, 3.05) is 42.9 Å². The maximum Gasteiger partial charge on any atom is 0.416 e. The molecule has 4 rings (SSSR count). The van der Waals surface area contributed by atoms with Crippen molar-refractivity contribution in [1.82, 2.24) is 4.31 Å². The Balaban J connectivity index is 1.46. The average Bonchev–Trinajstić information content (AvgIpc) is 3.16. The molecule has 6 nitrogen and oxygen atoms in total. The van der Waals surface area contributed by atoms with E-state index in [0.29, 0.717) is 31.7 Å². The number of nitrogens with zero attached hydrogens (tertiary/aromatic N) is 2.